The van der Waals surface area contributed by atoms with Crippen LogP contribution in [0.2, 0.25) is 0 Å². The topological polar surface area (TPSA) is 89.0 Å². The van der Waals surface area contributed by atoms with Crippen molar-refractivity contribution in [3.63, 3.8) is 0 Å². The lowest BCUT2D eigenvalue weighted by Gasteiger charge is -2.06. The molecule has 20 heavy (non-hydrogen) atoms. The number of nitrogen functional groups attached to an aromatic ring is 1. The third-order valence-corrected chi connectivity index (χ3v) is 2.55. The molecule has 0 amide bonds. The fourth-order valence-electron chi connectivity index (χ4n) is 1.52. The Balaban J connectivity index is 2.08. The van der Waals surface area contributed by atoms with Crippen molar-refractivity contribution in [3.05, 3.63) is 59.2 Å². The third-order valence-electron chi connectivity index (χ3n) is 2.55. The number of ether oxygens (including phenoxy) is 1. The van der Waals surface area contributed by atoms with Crippen LogP contribution in [0.25, 0.3) is 0 Å². The highest BCUT2D eigenvalue weighted by atomic mass is 19.1. The molecule has 0 aliphatic rings. The van der Waals surface area contributed by atoms with Crippen molar-refractivity contribution in [2.45, 2.75) is 6.61 Å². The van der Waals surface area contributed by atoms with Crippen LogP contribution in [-0.4, -0.2) is 11.0 Å². The Morgan fingerprint density at radius 3 is 2.85 bits per heavy atom. The summed E-state index contributed by atoms with van der Waals surface area (Å²) in [6, 6.07) is 8.96. The predicted octanol–water partition coefficient (Wildman–Crippen LogP) is 2.03. The van der Waals surface area contributed by atoms with Gasteiger partial charge in [-0.15, -0.1) is 0 Å². The highest BCUT2D eigenvalue weighted by molar-refractivity contribution is 5.87. The molecule has 0 spiro atoms. The molecule has 0 radical (unpaired) electrons. The largest absolute Gasteiger partial charge is 0.456 e. The van der Waals surface area contributed by atoms with E-state index in [0.717, 1.165) is 0 Å². The molecule has 0 bridgehead atoms. The van der Waals surface area contributed by atoms with Gasteiger partial charge in [0, 0.05) is 5.56 Å². The zero-order chi connectivity index (χ0) is 14.5. The van der Waals surface area contributed by atoms with Gasteiger partial charge in [-0.05, 0) is 18.2 Å². The van der Waals surface area contributed by atoms with E-state index >= 15 is 0 Å². The quantitative estimate of drug-likeness (QED) is 0.863. The molecule has 0 aliphatic heterocycles. The minimum atomic E-state index is -0.688. The molecule has 100 valence electrons. The van der Waals surface area contributed by atoms with Gasteiger partial charge in [0.1, 0.15) is 24.2 Å². The molecule has 0 aliphatic carbocycles. The van der Waals surface area contributed by atoms with E-state index in [1.54, 1.807) is 6.07 Å². The van der Waals surface area contributed by atoms with Gasteiger partial charge < -0.3 is 10.5 Å². The Bertz CT molecular complexity index is 678. The minimum Gasteiger partial charge on any atom is -0.456 e. The Morgan fingerprint density at radius 1 is 1.40 bits per heavy atom. The van der Waals surface area contributed by atoms with Crippen molar-refractivity contribution in [1.82, 2.24) is 4.98 Å². The molecular weight excluding hydrogens is 261 g/mol. The molecule has 1 aromatic carbocycles. The van der Waals surface area contributed by atoms with E-state index in [0.29, 0.717) is 5.69 Å². The van der Waals surface area contributed by atoms with Gasteiger partial charge in [0.15, 0.2) is 0 Å². The van der Waals surface area contributed by atoms with E-state index in [1.165, 1.54) is 36.5 Å². The Morgan fingerprint density at radius 2 is 2.20 bits per heavy atom. The first-order valence-electron chi connectivity index (χ1n) is 5.68. The van der Waals surface area contributed by atoms with Crippen LogP contribution in [0.3, 0.4) is 0 Å². The van der Waals surface area contributed by atoms with Gasteiger partial charge in [-0.2, -0.15) is 5.26 Å². The number of pyridine rings is 1. The SMILES string of the molecule is N#Cc1cccc(COC(=O)c2ccc(N)cn2)c1F. The molecule has 1 heterocycles. The minimum absolute atomic E-state index is 0.0797. The van der Waals surface area contributed by atoms with Crippen LogP contribution in [0.1, 0.15) is 21.6 Å². The van der Waals surface area contributed by atoms with Crippen LogP contribution in [0.5, 0.6) is 0 Å². The molecule has 0 fully saturated rings. The average molecular weight is 271 g/mol. The first kappa shape index (κ1) is 13.5. The maximum Gasteiger partial charge on any atom is 0.357 e. The molecule has 0 saturated heterocycles. The van der Waals surface area contributed by atoms with Crippen molar-refractivity contribution in [2.24, 2.45) is 0 Å². The number of halogens is 1. The summed E-state index contributed by atoms with van der Waals surface area (Å²) >= 11 is 0. The lowest BCUT2D eigenvalue weighted by Crippen LogP contribution is -2.08. The molecule has 0 saturated carbocycles. The Hall–Kier alpha value is -2.94. The molecule has 2 rings (SSSR count). The molecule has 0 atom stereocenters. The lowest BCUT2D eigenvalue weighted by atomic mass is 10.1. The summed E-state index contributed by atoms with van der Waals surface area (Å²) in [6.45, 7) is -0.272. The highest BCUT2D eigenvalue weighted by Gasteiger charge is 2.12. The molecule has 2 N–H and O–H groups in total. The van der Waals surface area contributed by atoms with Crippen molar-refractivity contribution < 1.29 is 13.9 Å². The smallest absolute Gasteiger partial charge is 0.357 e. The maximum atomic E-state index is 13.7. The van der Waals surface area contributed by atoms with Gasteiger partial charge in [-0.3, -0.25) is 0 Å². The Labute approximate surface area is 114 Å². The zero-order valence-corrected chi connectivity index (χ0v) is 10.3. The highest BCUT2D eigenvalue weighted by Crippen LogP contribution is 2.14. The summed E-state index contributed by atoms with van der Waals surface area (Å²) < 4.78 is 18.7. The van der Waals surface area contributed by atoms with E-state index < -0.39 is 11.8 Å². The molecule has 1 aromatic heterocycles. The number of carbonyl (C=O) groups excluding carboxylic acids is 1. The second-order valence-corrected chi connectivity index (χ2v) is 3.94. The van der Waals surface area contributed by atoms with Crippen LogP contribution in [-0.2, 0) is 11.3 Å². The van der Waals surface area contributed by atoms with Gasteiger partial charge in [-0.25, -0.2) is 14.2 Å². The number of rotatable bonds is 3. The van der Waals surface area contributed by atoms with Crippen LogP contribution >= 0.6 is 0 Å². The molecule has 6 heteroatoms. The van der Waals surface area contributed by atoms with E-state index in [4.69, 9.17) is 15.7 Å². The number of carbonyl (C=O) groups is 1. The number of anilines is 1. The van der Waals surface area contributed by atoms with Crippen molar-refractivity contribution in [3.8, 4) is 6.07 Å². The summed E-state index contributed by atoms with van der Waals surface area (Å²) in [5.41, 5.74) is 5.99. The first-order chi connectivity index (χ1) is 9.61. The number of nitriles is 1. The van der Waals surface area contributed by atoms with E-state index in [1.807, 2.05) is 0 Å². The van der Waals surface area contributed by atoms with Crippen molar-refractivity contribution in [2.75, 3.05) is 5.73 Å². The molecule has 5 nitrogen and oxygen atoms in total. The number of nitrogens with zero attached hydrogens (tertiary/aromatic N) is 2. The number of esters is 1. The van der Waals surface area contributed by atoms with E-state index in [9.17, 15) is 9.18 Å². The number of hydrogen-bond donors (Lipinski definition) is 1. The third kappa shape index (κ3) is 2.90. The zero-order valence-electron chi connectivity index (χ0n) is 10.3. The number of hydrogen-bond acceptors (Lipinski definition) is 5. The van der Waals surface area contributed by atoms with Gasteiger partial charge >= 0.3 is 5.97 Å². The van der Waals surface area contributed by atoms with E-state index in [2.05, 4.69) is 4.98 Å². The molecule has 2 aromatic rings. The predicted molar refractivity (Wildman–Crippen MR) is 68.9 cm³/mol. The first-order valence-corrected chi connectivity index (χ1v) is 5.68. The van der Waals surface area contributed by atoms with Crippen LogP contribution in [0.15, 0.2) is 36.5 Å². The normalized spacial score (nSPS) is 9.80. The summed E-state index contributed by atoms with van der Waals surface area (Å²) in [6.07, 6.45) is 1.33. The summed E-state index contributed by atoms with van der Waals surface area (Å²) in [5, 5.41) is 8.70. The molecule has 0 unspecified atom stereocenters. The van der Waals surface area contributed by atoms with Crippen molar-refractivity contribution in [1.29, 1.82) is 5.26 Å². The van der Waals surface area contributed by atoms with E-state index in [-0.39, 0.29) is 23.4 Å². The lowest BCUT2D eigenvalue weighted by molar-refractivity contribution is 0.0462. The fourth-order valence-corrected chi connectivity index (χ4v) is 1.52. The Kier molecular flexibility index (Phi) is 3.91. The molecular formula is C14H10FN3O2. The maximum absolute atomic E-state index is 13.7. The second-order valence-electron chi connectivity index (χ2n) is 3.94. The summed E-state index contributed by atoms with van der Waals surface area (Å²) in [7, 11) is 0. The number of aromatic nitrogens is 1. The summed E-state index contributed by atoms with van der Waals surface area (Å²) in [5.74, 6) is -1.38. The van der Waals surface area contributed by atoms with Gasteiger partial charge in [0.2, 0.25) is 0 Å². The number of benzene rings is 1. The second kappa shape index (κ2) is 5.80. The van der Waals surface area contributed by atoms with Crippen LogP contribution < -0.4 is 5.73 Å². The summed E-state index contributed by atoms with van der Waals surface area (Å²) in [4.78, 5) is 15.5. The van der Waals surface area contributed by atoms with Gasteiger partial charge in [0.05, 0.1) is 17.4 Å². The fraction of sp³-hybridized carbons (Fsp3) is 0.0714. The van der Waals surface area contributed by atoms with Gasteiger partial charge in [0.25, 0.3) is 0 Å². The monoisotopic (exact) mass is 271 g/mol. The van der Waals surface area contributed by atoms with Gasteiger partial charge in [-0.1, -0.05) is 12.1 Å². The van der Waals surface area contributed by atoms with Crippen molar-refractivity contribution >= 4 is 11.7 Å². The standard InChI is InChI=1S/C14H10FN3O2/c15-13-9(6-16)2-1-3-10(13)8-20-14(19)12-5-4-11(17)7-18-12/h1-5,7H,8,17H2. The average Bonchev–Trinajstić information content (AvgIpc) is 2.46. The van der Waals surface area contributed by atoms with Crippen LogP contribution in [0.4, 0.5) is 10.1 Å². The number of nitrogens with two attached hydrogens (primary N) is 1. The van der Waals surface area contributed by atoms with Crippen LogP contribution in [0, 0.1) is 17.1 Å².